The van der Waals surface area contributed by atoms with E-state index < -0.39 is 0 Å². The van der Waals surface area contributed by atoms with Gasteiger partial charge in [-0.05, 0) is 25.0 Å². The number of aromatic nitrogens is 3. The Labute approximate surface area is 117 Å². The Hall–Kier alpha value is -1.95. The number of piperidine rings is 1. The SMILES string of the molecule is COCC(=O)N1CCCC(c2ccc3cn[nH]c3n2)C1. The first kappa shape index (κ1) is 13.1. The number of rotatable bonds is 3. The first-order valence-electron chi connectivity index (χ1n) is 6.84. The molecule has 1 saturated heterocycles. The van der Waals surface area contributed by atoms with Crippen LogP contribution in [0, 0.1) is 0 Å². The van der Waals surface area contributed by atoms with Crippen molar-refractivity contribution in [3.05, 3.63) is 24.0 Å². The van der Waals surface area contributed by atoms with Gasteiger partial charge in [-0.3, -0.25) is 9.89 Å². The molecule has 106 valence electrons. The Bertz CT molecular complexity index is 610. The van der Waals surface area contributed by atoms with Gasteiger partial charge in [0.05, 0.1) is 6.20 Å². The lowest BCUT2D eigenvalue weighted by Crippen LogP contribution is -2.41. The smallest absolute Gasteiger partial charge is 0.248 e. The number of methoxy groups -OCH3 is 1. The predicted molar refractivity (Wildman–Crippen MR) is 74.3 cm³/mol. The minimum atomic E-state index is 0.0554. The molecule has 1 atom stereocenters. The summed E-state index contributed by atoms with van der Waals surface area (Å²) in [7, 11) is 1.55. The molecule has 6 nitrogen and oxygen atoms in total. The molecular formula is C14H18N4O2. The van der Waals surface area contributed by atoms with Gasteiger partial charge in [0.15, 0.2) is 5.65 Å². The summed E-state index contributed by atoms with van der Waals surface area (Å²) in [4.78, 5) is 18.4. The standard InChI is InChI=1S/C14H18N4O2/c1-20-9-13(19)18-6-2-3-11(8-18)12-5-4-10-7-15-17-14(10)16-12/h4-5,7,11H,2-3,6,8-9H2,1H3,(H,15,16,17). The number of carbonyl (C=O) groups excluding carboxylic acids is 1. The molecule has 2 aromatic heterocycles. The van der Waals surface area contributed by atoms with Crippen molar-refractivity contribution in [2.24, 2.45) is 0 Å². The van der Waals surface area contributed by atoms with E-state index >= 15 is 0 Å². The van der Waals surface area contributed by atoms with Crippen LogP contribution in [0.3, 0.4) is 0 Å². The molecule has 2 aromatic rings. The molecule has 0 aromatic carbocycles. The van der Waals surface area contributed by atoms with Crippen LogP contribution in [-0.4, -0.2) is 52.8 Å². The number of pyridine rings is 1. The third kappa shape index (κ3) is 2.51. The van der Waals surface area contributed by atoms with Gasteiger partial charge in [-0.1, -0.05) is 0 Å². The van der Waals surface area contributed by atoms with Crippen molar-refractivity contribution in [1.82, 2.24) is 20.1 Å². The lowest BCUT2D eigenvalue weighted by Gasteiger charge is -2.32. The molecule has 0 aliphatic carbocycles. The van der Waals surface area contributed by atoms with Crippen molar-refractivity contribution >= 4 is 16.9 Å². The molecular weight excluding hydrogens is 256 g/mol. The number of likely N-dealkylation sites (tertiary alicyclic amines) is 1. The van der Waals surface area contributed by atoms with Gasteiger partial charge in [0.2, 0.25) is 5.91 Å². The molecule has 3 rings (SSSR count). The summed E-state index contributed by atoms with van der Waals surface area (Å²) in [5, 5.41) is 7.89. The van der Waals surface area contributed by atoms with E-state index in [1.165, 1.54) is 0 Å². The highest BCUT2D eigenvalue weighted by Gasteiger charge is 2.25. The molecule has 0 radical (unpaired) electrons. The number of nitrogens with zero attached hydrogens (tertiary/aromatic N) is 3. The zero-order chi connectivity index (χ0) is 13.9. The molecule has 1 N–H and O–H groups in total. The fourth-order valence-electron chi connectivity index (χ4n) is 2.73. The summed E-state index contributed by atoms with van der Waals surface area (Å²) in [5.74, 6) is 0.345. The number of hydrogen-bond donors (Lipinski definition) is 1. The lowest BCUT2D eigenvalue weighted by molar-refractivity contribution is -0.136. The molecule has 0 spiro atoms. The zero-order valence-corrected chi connectivity index (χ0v) is 11.5. The quantitative estimate of drug-likeness (QED) is 0.916. The Balaban J connectivity index is 1.77. The van der Waals surface area contributed by atoms with Crippen molar-refractivity contribution in [3.63, 3.8) is 0 Å². The van der Waals surface area contributed by atoms with Crippen molar-refractivity contribution in [2.45, 2.75) is 18.8 Å². The molecule has 20 heavy (non-hydrogen) atoms. The van der Waals surface area contributed by atoms with Crippen molar-refractivity contribution in [2.75, 3.05) is 26.8 Å². The molecule has 1 aliphatic rings. The van der Waals surface area contributed by atoms with Gasteiger partial charge in [-0.25, -0.2) is 4.98 Å². The summed E-state index contributed by atoms with van der Waals surface area (Å²) < 4.78 is 4.92. The van der Waals surface area contributed by atoms with Crippen LogP contribution in [0.1, 0.15) is 24.5 Å². The topological polar surface area (TPSA) is 71.1 Å². The highest BCUT2D eigenvalue weighted by atomic mass is 16.5. The van der Waals surface area contributed by atoms with Crippen molar-refractivity contribution < 1.29 is 9.53 Å². The predicted octanol–water partition coefficient (Wildman–Crippen LogP) is 1.31. The maximum absolute atomic E-state index is 11.9. The van der Waals surface area contributed by atoms with Crippen LogP contribution < -0.4 is 0 Å². The average molecular weight is 274 g/mol. The molecule has 1 unspecified atom stereocenters. The van der Waals surface area contributed by atoms with Gasteiger partial charge < -0.3 is 9.64 Å². The molecule has 0 saturated carbocycles. The van der Waals surface area contributed by atoms with Crippen LogP contribution in [0.2, 0.25) is 0 Å². The van der Waals surface area contributed by atoms with Crippen LogP contribution in [0.5, 0.6) is 0 Å². The first-order chi connectivity index (χ1) is 9.78. The number of ether oxygens (including phenoxy) is 1. The van der Waals surface area contributed by atoms with Gasteiger partial charge in [0.1, 0.15) is 6.61 Å². The zero-order valence-electron chi connectivity index (χ0n) is 11.5. The molecule has 3 heterocycles. The Morgan fingerprint density at radius 3 is 3.30 bits per heavy atom. The second-order valence-electron chi connectivity index (χ2n) is 5.16. The van der Waals surface area contributed by atoms with E-state index in [0.29, 0.717) is 0 Å². The van der Waals surface area contributed by atoms with Gasteiger partial charge in [0, 0.05) is 37.2 Å². The van der Waals surface area contributed by atoms with E-state index in [1.807, 2.05) is 17.0 Å². The van der Waals surface area contributed by atoms with E-state index in [0.717, 1.165) is 42.7 Å². The van der Waals surface area contributed by atoms with Crippen molar-refractivity contribution in [3.8, 4) is 0 Å². The second-order valence-corrected chi connectivity index (χ2v) is 5.16. The number of amides is 1. The van der Waals surface area contributed by atoms with E-state index in [-0.39, 0.29) is 18.4 Å². The normalized spacial score (nSPS) is 19.4. The second kappa shape index (κ2) is 5.58. The lowest BCUT2D eigenvalue weighted by atomic mass is 9.94. The average Bonchev–Trinajstić information content (AvgIpc) is 2.95. The van der Waals surface area contributed by atoms with Gasteiger partial charge in [-0.15, -0.1) is 0 Å². The first-order valence-corrected chi connectivity index (χ1v) is 6.84. The Morgan fingerprint density at radius 1 is 1.55 bits per heavy atom. The minimum Gasteiger partial charge on any atom is -0.375 e. The highest BCUT2D eigenvalue weighted by Crippen LogP contribution is 2.26. The Morgan fingerprint density at radius 2 is 2.45 bits per heavy atom. The fourth-order valence-corrected chi connectivity index (χ4v) is 2.73. The molecule has 1 aliphatic heterocycles. The molecule has 6 heteroatoms. The van der Waals surface area contributed by atoms with Crippen LogP contribution in [0.4, 0.5) is 0 Å². The Kier molecular flexibility index (Phi) is 3.64. The van der Waals surface area contributed by atoms with Crippen molar-refractivity contribution in [1.29, 1.82) is 0 Å². The number of hydrogen-bond acceptors (Lipinski definition) is 4. The number of nitrogens with one attached hydrogen (secondary N) is 1. The third-order valence-corrected chi connectivity index (χ3v) is 3.78. The van der Waals surface area contributed by atoms with Gasteiger partial charge >= 0.3 is 0 Å². The van der Waals surface area contributed by atoms with Gasteiger partial charge in [0.25, 0.3) is 0 Å². The number of carbonyl (C=O) groups is 1. The van der Waals surface area contributed by atoms with E-state index in [9.17, 15) is 4.79 Å². The summed E-state index contributed by atoms with van der Waals surface area (Å²) >= 11 is 0. The number of fused-ring (bicyclic) bond motifs is 1. The summed E-state index contributed by atoms with van der Waals surface area (Å²) in [6.07, 6.45) is 3.83. The molecule has 0 bridgehead atoms. The monoisotopic (exact) mass is 274 g/mol. The van der Waals surface area contributed by atoms with Crippen LogP contribution >= 0.6 is 0 Å². The molecule has 1 fully saturated rings. The maximum atomic E-state index is 11.9. The fraction of sp³-hybridized carbons (Fsp3) is 0.500. The summed E-state index contributed by atoms with van der Waals surface area (Å²) in [6.45, 7) is 1.68. The summed E-state index contributed by atoms with van der Waals surface area (Å²) in [5.41, 5.74) is 1.83. The minimum absolute atomic E-state index is 0.0554. The maximum Gasteiger partial charge on any atom is 0.248 e. The van der Waals surface area contributed by atoms with Crippen LogP contribution in [0.15, 0.2) is 18.3 Å². The third-order valence-electron chi connectivity index (χ3n) is 3.78. The van der Waals surface area contributed by atoms with E-state index in [2.05, 4.69) is 15.2 Å². The largest absolute Gasteiger partial charge is 0.375 e. The number of aromatic amines is 1. The van der Waals surface area contributed by atoms with E-state index in [4.69, 9.17) is 4.74 Å². The van der Waals surface area contributed by atoms with Crippen LogP contribution in [-0.2, 0) is 9.53 Å². The highest BCUT2D eigenvalue weighted by molar-refractivity contribution is 5.77. The summed E-state index contributed by atoms with van der Waals surface area (Å²) in [6, 6.07) is 4.06. The number of H-pyrrole nitrogens is 1. The van der Waals surface area contributed by atoms with E-state index in [1.54, 1.807) is 13.3 Å². The molecule has 1 amide bonds. The van der Waals surface area contributed by atoms with Crippen LogP contribution in [0.25, 0.3) is 11.0 Å². The van der Waals surface area contributed by atoms with Gasteiger partial charge in [-0.2, -0.15) is 5.10 Å².